The molecule has 1 heterocycles. The van der Waals surface area contributed by atoms with E-state index < -0.39 is 0 Å². The Balaban J connectivity index is 1.64. The van der Waals surface area contributed by atoms with Crippen LogP contribution in [0.15, 0.2) is 24.3 Å². The maximum absolute atomic E-state index is 2.66. The quantitative estimate of drug-likeness (QED) is 0.590. The van der Waals surface area contributed by atoms with Crippen LogP contribution in [0.4, 0.5) is 0 Å². The van der Waals surface area contributed by atoms with Crippen LogP contribution >= 0.6 is 0 Å². The molecule has 2 nitrogen and oxygen atoms in total. The standard InChI is InChI=1S/C27H37N2/c1-18-11-20(3)24(21(4)12-18)15-28-17-29(27-10-8-7-9-26(27)28)16-25-22(5)13-19(2)14-23(25)6/h11-14,17,26-27H,7-10,15-16H2,1-6H3/q+1. The van der Waals surface area contributed by atoms with Crippen LogP contribution in [-0.2, 0) is 13.1 Å². The topological polar surface area (TPSA) is 6.25 Å². The van der Waals surface area contributed by atoms with E-state index in [9.17, 15) is 0 Å². The van der Waals surface area contributed by atoms with E-state index in [-0.39, 0.29) is 0 Å². The highest BCUT2D eigenvalue weighted by Gasteiger charge is 2.43. The van der Waals surface area contributed by atoms with Gasteiger partial charge < -0.3 is 0 Å². The molecular weight excluding hydrogens is 352 g/mol. The molecule has 0 bridgehead atoms. The third-order valence-electron chi connectivity index (χ3n) is 7.20. The highest BCUT2D eigenvalue weighted by atomic mass is 15.3. The summed E-state index contributed by atoms with van der Waals surface area (Å²) in [6.07, 6.45) is 7.86. The van der Waals surface area contributed by atoms with Crippen LogP contribution in [0.25, 0.3) is 0 Å². The molecule has 2 atom stereocenters. The first-order valence-corrected chi connectivity index (χ1v) is 11.3. The number of aryl methyl sites for hydroxylation is 6. The van der Waals surface area contributed by atoms with Gasteiger partial charge in [0.15, 0.2) is 0 Å². The molecule has 2 aromatic rings. The molecule has 1 saturated carbocycles. The van der Waals surface area contributed by atoms with E-state index in [4.69, 9.17) is 0 Å². The molecular formula is C27H37N2+. The maximum Gasteiger partial charge on any atom is 0.235 e. The smallest absolute Gasteiger partial charge is 0.235 e. The predicted octanol–water partition coefficient (Wildman–Crippen LogP) is 5.90. The molecule has 1 aliphatic heterocycles. The lowest BCUT2D eigenvalue weighted by atomic mass is 9.89. The van der Waals surface area contributed by atoms with Crippen molar-refractivity contribution in [3.63, 3.8) is 0 Å². The van der Waals surface area contributed by atoms with Gasteiger partial charge in [-0.2, -0.15) is 0 Å². The summed E-state index contributed by atoms with van der Waals surface area (Å²) in [6.45, 7) is 15.6. The zero-order valence-corrected chi connectivity index (χ0v) is 19.2. The van der Waals surface area contributed by atoms with Gasteiger partial charge in [0, 0.05) is 0 Å². The van der Waals surface area contributed by atoms with Crippen molar-refractivity contribution in [3.05, 3.63) is 68.8 Å². The number of benzene rings is 2. The molecule has 0 radical (unpaired) electrons. The number of nitrogens with zero attached hydrogens (tertiary/aromatic N) is 2. The number of fused-ring (bicyclic) bond motifs is 1. The predicted molar refractivity (Wildman–Crippen MR) is 123 cm³/mol. The molecule has 2 unspecified atom stereocenters. The summed E-state index contributed by atoms with van der Waals surface area (Å²) in [4.78, 5) is 2.66. The van der Waals surface area contributed by atoms with Crippen molar-refractivity contribution in [1.82, 2.24) is 4.90 Å². The lowest BCUT2D eigenvalue weighted by Crippen LogP contribution is -2.41. The maximum atomic E-state index is 2.66. The molecule has 0 saturated heterocycles. The van der Waals surface area contributed by atoms with Gasteiger partial charge in [0.2, 0.25) is 6.34 Å². The first-order chi connectivity index (χ1) is 13.8. The molecule has 0 amide bonds. The van der Waals surface area contributed by atoms with Crippen molar-refractivity contribution in [3.8, 4) is 0 Å². The van der Waals surface area contributed by atoms with Gasteiger partial charge in [-0.15, -0.1) is 0 Å². The first-order valence-electron chi connectivity index (χ1n) is 11.3. The summed E-state index contributed by atoms with van der Waals surface area (Å²) in [5.74, 6) is 0. The summed E-state index contributed by atoms with van der Waals surface area (Å²) >= 11 is 0. The fraction of sp³-hybridized carbons (Fsp3) is 0.519. The van der Waals surface area contributed by atoms with Crippen molar-refractivity contribution in [2.24, 2.45) is 0 Å². The largest absolute Gasteiger partial charge is 0.257 e. The van der Waals surface area contributed by atoms with Crippen molar-refractivity contribution in [2.75, 3.05) is 0 Å². The van der Waals surface area contributed by atoms with Gasteiger partial charge in [0.25, 0.3) is 0 Å². The molecule has 0 aromatic heterocycles. The fourth-order valence-electron chi connectivity index (χ4n) is 5.83. The van der Waals surface area contributed by atoms with Gasteiger partial charge in [0.1, 0.15) is 25.2 Å². The monoisotopic (exact) mass is 389 g/mol. The van der Waals surface area contributed by atoms with E-state index in [0.29, 0.717) is 12.1 Å². The van der Waals surface area contributed by atoms with Crippen LogP contribution in [0, 0.1) is 41.5 Å². The summed E-state index contributed by atoms with van der Waals surface area (Å²) < 4.78 is 2.66. The Morgan fingerprint density at radius 3 is 1.86 bits per heavy atom. The van der Waals surface area contributed by atoms with E-state index in [1.807, 2.05) is 0 Å². The van der Waals surface area contributed by atoms with E-state index in [1.54, 1.807) is 0 Å². The van der Waals surface area contributed by atoms with Crippen molar-refractivity contribution in [1.29, 1.82) is 0 Å². The number of hydrogen-bond donors (Lipinski definition) is 0. The van der Waals surface area contributed by atoms with E-state index in [2.05, 4.69) is 81.6 Å². The van der Waals surface area contributed by atoms with Crippen molar-refractivity contribution >= 4 is 6.34 Å². The van der Waals surface area contributed by atoms with E-state index in [0.717, 1.165) is 13.1 Å². The normalized spacial score (nSPS) is 21.3. The molecule has 154 valence electrons. The molecule has 4 rings (SSSR count). The van der Waals surface area contributed by atoms with E-state index >= 15 is 0 Å². The van der Waals surface area contributed by atoms with Gasteiger partial charge >= 0.3 is 0 Å². The third-order valence-corrected chi connectivity index (χ3v) is 7.20. The zero-order valence-electron chi connectivity index (χ0n) is 19.2. The second kappa shape index (κ2) is 7.97. The number of rotatable bonds is 4. The Hall–Kier alpha value is -2.09. The zero-order chi connectivity index (χ0) is 20.7. The Morgan fingerprint density at radius 2 is 1.28 bits per heavy atom. The summed E-state index contributed by atoms with van der Waals surface area (Å²) in [5.41, 5.74) is 11.5. The van der Waals surface area contributed by atoms with Crippen molar-refractivity contribution in [2.45, 2.75) is 92.4 Å². The molecule has 0 spiro atoms. The second-order valence-corrected chi connectivity index (χ2v) is 9.63. The van der Waals surface area contributed by atoms with Crippen LogP contribution < -0.4 is 0 Å². The third kappa shape index (κ3) is 3.99. The van der Waals surface area contributed by atoms with Gasteiger partial charge in [-0.05, 0) is 101 Å². The molecule has 1 fully saturated rings. The minimum Gasteiger partial charge on any atom is -0.257 e. The lowest BCUT2D eigenvalue weighted by molar-refractivity contribution is -0.574. The highest BCUT2D eigenvalue weighted by Crippen LogP contribution is 2.32. The second-order valence-electron chi connectivity index (χ2n) is 9.63. The molecule has 2 heteroatoms. The van der Waals surface area contributed by atoms with Crippen LogP contribution in [0.5, 0.6) is 0 Å². The average molecular weight is 390 g/mol. The summed E-state index contributed by atoms with van der Waals surface area (Å²) in [5, 5.41) is 0. The Bertz CT molecular complexity index is 907. The van der Waals surface area contributed by atoms with Gasteiger partial charge in [-0.25, -0.2) is 0 Å². The molecule has 29 heavy (non-hydrogen) atoms. The van der Waals surface area contributed by atoms with Gasteiger partial charge in [0.05, 0.1) is 0 Å². The summed E-state index contributed by atoms with van der Waals surface area (Å²) in [6, 6.07) is 10.7. The molecule has 0 N–H and O–H groups in total. The minimum absolute atomic E-state index is 0.662. The molecule has 1 aliphatic carbocycles. The van der Waals surface area contributed by atoms with Crippen LogP contribution in [0.1, 0.15) is 70.2 Å². The molecule has 2 aromatic carbocycles. The lowest BCUT2D eigenvalue weighted by Gasteiger charge is -2.28. The average Bonchev–Trinajstić information content (AvgIpc) is 2.99. The Labute approximate surface area is 177 Å². The number of hydrogen-bond acceptors (Lipinski definition) is 1. The van der Waals surface area contributed by atoms with E-state index in [1.165, 1.54) is 70.2 Å². The van der Waals surface area contributed by atoms with Gasteiger partial charge in [-0.1, -0.05) is 35.4 Å². The van der Waals surface area contributed by atoms with Crippen LogP contribution in [0.2, 0.25) is 0 Å². The minimum atomic E-state index is 0.662. The first kappa shape index (κ1) is 20.2. The summed E-state index contributed by atoms with van der Waals surface area (Å²) in [7, 11) is 0. The SMILES string of the molecule is Cc1cc(C)c(CN2C=[N+](Cc3c(C)cc(C)cc3C)C3CCCCC32)c(C)c1. The molecule has 2 aliphatic rings. The Kier molecular flexibility index (Phi) is 5.55. The Morgan fingerprint density at radius 1 is 0.759 bits per heavy atom. The highest BCUT2D eigenvalue weighted by molar-refractivity contribution is 5.54. The van der Waals surface area contributed by atoms with Crippen LogP contribution in [-0.4, -0.2) is 27.9 Å². The van der Waals surface area contributed by atoms with Gasteiger partial charge in [-0.3, -0.25) is 9.48 Å². The fourth-order valence-corrected chi connectivity index (χ4v) is 5.83. The van der Waals surface area contributed by atoms with Crippen LogP contribution in [0.3, 0.4) is 0 Å². The van der Waals surface area contributed by atoms with Crippen molar-refractivity contribution < 1.29 is 4.58 Å².